The lowest BCUT2D eigenvalue weighted by atomic mass is 10.0. The minimum Gasteiger partial charge on any atom is -0.464 e. The minimum atomic E-state index is -0.612. The number of fused-ring (bicyclic) bond motifs is 2. The zero-order chi connectivity index (χ0) is 18.3. The average molecular weight is 345 g/mol. The summed E-state index contributed by atoms with van der Waals surface area (Å²) in [5, 5.41) is 4.16. The summed E-state index contributed by atoms with van der Waals surface area (Å²) in [5.41, 5.74) is 3.15. The molecule has 5 nitrogen and oxygen atoms in total. The molecule has 2 heterocycles. The first-order chi connectivity index (χ1) is 12.6. The van der Waals surface area contributed by atoms with Crippen LogP contribution in [0.1, 0.15) is 5.56 Å². The number of aryl methyl sites for hydroxylation is 1. The van der Waals surface area contributed by atoms with Crippen LogP contribution in [0.5, 0.6) is 0 Å². The van der Waals surface area contributed by atoms with E-state index in [0.29, 0.717) is 16.7 Å². The predicted molar refractivity (Wildman–Crippen MR) is 101 cm³/mol. The van der Waals surface area contributed by atoms with Crippen molar-refractivity contribution in [3.63, 3.8) is 0 Å². The van der Waals surface area contributed by atoms with E-state index in [-0.39, 0.29) is 5.69 Å². The fraction of sp³-hybridized carbons (Fsp3) is 0.0476. The van der Waals surface area contributed by atoms with Crippen molar-refractivity contribution in [2.45, 2.75) is 6.92 Å². The van der Waals surface area contributed by atoms with E-state index < -0.39 is 11.5 Å². The Hall–Kier alpha value is -3.60. The summed E-state index contributed by atoms with van der Waals surface area (Å²) in [4.78, 5) is 23.8. The molecule has 1 N–H and O–H groups in total. The second-order valence-corrected chi connectivity index (χ2v) is 5.94. The normalized spacial score (nSPS) is 11.0. The van der Waals surface area contributed by atoms with Gasteiger partial charge in [0, 0.05) is 22.4 Å². The van der Waals surface area contributed by atoms with Crippen molar-refractivity contribution < 1.29 is 13.6 Å². The standard InChI is InChI=1S/C21H15NO4/c1-3-19(23)22-20-12(2)14-9-15-16(13-7-5-4-6-8-13)11-25-17(15)10-18(14)26-21(20)24/h3-11H,1H2,2H3,(H,22,23). The Kier molecular flexibility index (Phi) is 3.69. The van der Waals surface area contributed by atoms with Crippen LogP contribution in [-0.4, -0.2) is 5.91 Å². The summed E-state index contributed by atoms with van der Waals surface area (Å²) >= 11 is 0. The average Bonchev–Trinajstić information content (AvgIpc) is 3.07. The fourth-order valence-corrected chi connectivity index (χ4v) is 3.03. The fourth-order valence-electron chi connectivity index (χ4n) is 3.03. The Balaban J connectivity index is 1.99. The van der Waals surface area contributed by atoms with Gasteiger partial charge in [-0.15, -0.1) is 0 Å². The van der Waals surface area contributed by atoms with E-state index in [1.165, 1.54) is 0 Å². The van der Waals surface area contributed by atoms with Gasteiger partial charge in [-0.1, -0.05) is 36.9 Å². The van der Waals surface area contributed by atoms with E-state index in [1.54, 1.807) is 19.3 Å². The van der Waals surface area contributed by atoms with Gasteiger partial charge in [-0.2, -0.15) is 0 Å². The molecule has 0 aliphatic heterocycles. The second kappa shape index (κ2) is 6.04. The molecule has 0 bridgehead atoms. The van der Waals surface area contributed by atoms with Gasteiger partial charge in [0.05, 0.1) is 6.26 Å². The molecule has 0 saturated heterocycles. The summed E-state index contributed by atoms with van der Waals surface area (Å²) in [6.45, 7) is 5.17. The SMILES string of the molecule is C=CC(=O)Nc1c(C)c2cc3c(-c4ccccc4)coc3cc2oc1=O. The molecule has 0 unspecified atom stereocenters. The number of amides is 1. The molecular formula is C21H15NO4. The highest BCUT2D eigenvalue weighted by Gasteiger charge is 2.16. The summed E-state index contributed by atoms with van der Waals surface area (Å²) in [7, 11) is 0. The molecule has 26 heavy (non-hydrogen) atoms. The maximum absolute atomic E-state index is 12.2. The molecule has 2 aromatic carbocycles. The smallest absolute Gasteiger partial charge is 0.360 e. The molecule has 4 rings (SSSR count). The molecule has 0 radical (unpaired) electrons. The molecule has 128 valence electrons. The van der Waals surface area contributed by atoms with Gasteiger partial charge in [0.1, 0.15) is 16.9 Å². The van der Waals surface area contributed by atoms with Gasteiger partial charge in [0.25, 0.3) is 0 Å². The number of carbonyl (C=O) groups is 1. The molecule has 0 aliphatic carbocycles. The molecular weight excluding hydrogens is 330 g/mol. The van der Waals surface area contributed by atoms with Crippen LogP contribution in [-0.2, 0) is 4.79 Å². The topological polar surface area (TPSA) is 72.5 Å². The number of hydrogen-bond donors (Lipinski definition) is 1. The van der Waals surface area contributed by atoms with Crippen LogP contribution in [0.25, 0.3) is 33.1 Å². The van der Waals surface area contributed by atoms with Gasteiger partial charge in [0.15, 0.2) is 0 Å². The third-order valence-electron chi connectivity index (χ3n) is 4.38. The minimum absolute atomic E-state index is 0.117. The van der Waals surface area contributed by atoms with Gasteiger partial charge < -0.3 is 14.2 Å². The van der Waals surface area contributed by atoms with Crippen LogP contribution < -0.4 is 10.9 Å². The summed E-state index contributed by atoms with van der Waals surface area (Å²) < 4.78 is 11.0. The first-order valence-electron chi connectivity index (χ1n) is 8.06. The molecule has 4 aromatic rings. The number of hydrogen-bond acceptors (Lipinski definition) is 4. The van der Waals surface area contributed by atoms with E-state index in [4.69, 9.17) is 8.83 Å². The van der Waals surface area contributed by atoms with Crippen molar-refractivity contribution in [3.8, 4) is 11.1 Å². The Morgan fingerprint density at radius 3 is 2.62 bits per heavy atom. The van der Waals surface area contributed by atoms with Crippen molar-refractivity contribution in [1.29, 1.82) is 0 Å². The molecule has 1 amide bonds. The molecule has 0 aliphatic rings. The number of benzene rings is 2. The second-order valence-electron chi connectivity index (χ2n) is 5.94. The third-order valence-corrected chi connectivity index (χ3v) is 4.38. The zero-order valence-electron chi connectivity index (χ0n) is 14.0. The number of nitrogens with one attached hydrogen (secondary N) is 1. The van der Waals surface area contributed by atoms with Crippen molar-refractivity contribution in [3.05, 3.63) is 77.4 Å². The van der Waals surface area contributed by atoms with Crippen LogP contribution in [0.2, 0.25) is 0 Å². The quantitative estimate of drug-likeness (QED) is 0.434. The Morgan fingerprint density at radius 2 is 1.88 bits per heavy atom. The van der Waals surface area contributed by atoms with E-state index in [9.17, 15) is 9.59 Å². The van der Waals surface area contributed by atoms with E-state index in [2.05, 4.69) is 11.9 Å². The monoisotopic (exact) mass is 345 g/mol. The van der Waals surface area contributed by atoms with Crippen molar-refractivity contribution in [1.82, 2.24) is 0 Å². The van der Waals surface area contributed by atoms with Crippen LogP contribution in [0, 0.1) is 6.92 Å². The summed E-state index contributed by atoms with van der Waals surface area (Å²) in [6, 6.07) is 13.5. The van der Waals surface area contributed by atoms with Gasteiger partial charge in [0.2, 0.25) is 5.91 Å². The Morgan fingerprint density at radius 1 is 1.12 bits per heavy atom. The Bertz CT molecular complexity index is 1220. The first kappa shape index (κ1) is 15.9. The lowest BCUT2D eigenvalue weighted by Crippen LogP contribution is -2.17. The molecule has 0 spiro atoms. The number of rotatable bonds is 3. The number of furan rings is 1. The first-order valence-corrected chi connectivity index (χ1v) is 8.06. The van der Waals surface area contributed by atoms with Crippen LogP contribution in [0.4, 0.5) is 5.69 Å². The number of carbonyl (C=O) groups excluding carboxylic acids is 1. The van der Waals surface area contributed by atoms with Crippen molar-refractivity contribution in [2.24, 2.45) is 0 Å². The molecule has 2 aromatic heterocycles. The van der Waals surface area contributed by atoms with Gasteiger partial charge >= 0.3 is 5.63 Å². The zero-order valence-corrected chi connectivity index (χ0v) is 14.0. The lowest BCUT2D eigenvalue weighted by Gasteiger charge is -2.08. The highest BCUT2D eigenvalue weighted by Crippen LogP contribution is 2.35. The van der Waals surface area contributed by atoms with Crippen LogP contribution in [0.15, 0.2) is 75.0 Å². The van der Waals surface area contributed by atoms with E-state index in [0.717, 1.165) is 28.0 Å². The predicted octanol–water partition coefficient (Wildman–Crippen LogP) is 4.64. The maximum Gasteiger partial charge on any atom is 0.360 e. The molecule has 0 atom stereocenters. The van der Waals surface area contributed by atoms with Gasteiger partial charge in [-0.3, -0.25) is 4.79 Å². The van der Waals surface area contributed by atoms with Gasteiger partial charge in [-0.05, 0) is 30.2 Å². The molecule has 0 saturated carbocycles. The number of anilines is 1. The summed E-state index contributed by atoms with van der Waals surface area (Å²) in [5.74, 6) is -0.464. The van der Waals surface area contributed by atoms with Crippen molar-refractivity contribution in [2.75, 3.05) is 5.32 Å². The molecule has 5 heteroatoms. The Labute approximate surface area is 148 Å². The lowest BCUT2D eigenvalue weighted by molar-refractivity contribution is -0.111. The van der Waals surface area contributed by atoms with Crippen molar-refractivity contribution >= 4 is 33.5 Å². The van der Waals surface area contributed by atoms with E-state index in [1.807, 2.05) is 36.4 Å². The highest BCUT2D eigenvalue weighted by atomic mass is 16.4. The highest BCUT2D eigenvalue weighted by molar-refractivity contribution is 6.05. The molecule has 0 fully saturated rings. The van der Waals surface area contributed by atoms with Crippen LogP contribution in [0.3, 0.4) is 0 Å². The van der Waals surface area contributed by atoms with Crippen LogP contribution >= 0.6 is 0 Å². The van der Waals surface area contributed by atoms with Gasteiger partial charge in [-0.25, -0.2) is 4.79 Å². The summed E-state index contributed by atoms with van der Waals surface area (Å²) in [6.07, 6.45) is 2.79. The largest absolute Gasteiger partial charge is 0.464 e. The maximum atomic E-state index is 12.2. The van der Waals surface area contributed by atoms with E-state index >= 15 is 0 Å². The third kappa shape index (κ3) is 2.50.